The molecule has 0 radical (unpaired) electrons. The molecule has 12 aromatic rings. The number of hydrogen-bond donors (Lipinski definition) is 0. The Labute approximate surface area is 625 Å². The summed E-state index contributed by atoms with van der Waals surface area (Å²) in [4.78, 5) is 1.91. The summed E-state index contributed by atoms with van der Waals surface area (Å²) < 4.78 is 178. The van der Waals surface area contributed by atoms with Gasteiger partial charge in [-0.3, -0.25) is 0 Å². The molecule has 4 aliphatic heterocycles. The fraction of sp³-hybridized carbons (Fsp3) is 0.242. The highest BCUT2D eigenvalue weighted by Gasteiger charge is 2.47. The number of benzene rings is 12. The average Bonchev–Trinajstić information content (AvgIpc) is 1.43. The van der Waals surface area contributed by atoms with Crippen molar-refractivity contribution in [1.29, 1.82) is 0 Å². The molecule has 0 atom stereocenters. The fourth-order valence-corrected chi connectivity index (χ4v) is 20.1. The van der Waals surface area contributed by atoms with Crippen LogP contribution in [-0.4, -0.2) is 8.07 Å². The maximum absolute atomic E-state index is 8.85. The van der Waals surface area contributed by atoms with E-state index in [-0.39, 0.29) is 72.2 Å². The van der Waals surface area contributed by atoms with E-state index >= 15 is 0 Å². The van der Waals surface area contributed by atoms with E-state index in [2.05, 4.69) is 113 Å². The quantitative estimate of drug-likeness (QED) is 0.155. The predicted octanol–water partition coefficient (Wildman–Crippen LogP) is 25.7. The SMILES string of the molecule is [2H]C([2H])([2H])c1cc(-c2cccc3c2Oc2ccccc2C3(C)C)ccc1-c1cc(C([2H])([2H])[2H])c(-c2cccc3c2Oc2ccccc2C(C)(C)C3(C)C)cc1C([2H])([2H])[2H].[2H]C([2H])([2H])c1cc(-c2cccc3c2Oc2ccccc2[Si]3(C)C)ccc1-c1cc(C([2H])([2H])[2H])c(-c2cccc3c2Sc2ccccc2C(C)(C)C3(C)C)cc1C([2H])([2H])[2H]. The second kappa shape index (κ2) is 24.2. The van der Waals surface area contributed by atoms with Crippen molar-refractivity contribution in [2.75, 3.05) is 0 Å². The molecule has 0 N–H and O–H groups in total. The minimum Gasteiger partial charge on any atom is -0.457 e. The molecule has 3 nitrogen and oxygen atoms in total. The summed E-state index contributed by atoms with van der Waals surface area (Å²) in [6, 6.07) is 70.5. The average molecular weight is 1360 g/mol. The summed E-state index contributed by atoms with van der Waals surface area (Å²) in [6.45, 7) is 9.83. The van der Waals surface area contributed by atoms with Crippen molar-refractivity contribution in [2.45, 2.75) is 160 Å². The molecule has 500 valence electrons. The van der Waals surface area contributed by atoms with Crippen molar-refractivity contribution < 1.29 is 38.9 Å². The Morgan fingerprint density at radius 2 is 0.670 bits per heavy atom. The highest BCUT2D eigenvalue weighted by atomic mass is 32.2. The molecular weight excluding hydrogens is 1250 g/mol. The Kier molecular flexibility index (Phi) is 11.7. The molecule has 0 spiro atoms. The second-order valence-electron chi connectivity index (χ2n) is 30.3. The van der Waals surface area contributed by atoms with Gasteiger partial charge in [-0.2, -0.15) is 0 Å². The molecule has 0 unspecified atom stereocenters. The maximum atomic E-state index is 8.85. The van der Waals surface area contributed by atoms with Gasteiger partial charge in [-0.15, -0.1) is 0 Å². The van der Waals surface area contributed by atoms with Gasteiger partial charge in [0.2, 0.25) is 0 Å². The Hall–Kier alpha value is -9.39. The van der Waals surface area contributed by atoms with Crippen LogP contribution in [0.3, 0.4) is 0 Å². The van der Waals surface area contributed by atoms with Gasteiger partial charge in [-0.1, -0.05) is 300 Å². The van der Waals surface area contributed by atoms with Crippen LogP contribution in [-0.2, 0) is 27.1 Å². The lowest BCUT2D eigenvalue weighted by Gasteiger charge is -2.42. The topological polar surface area (TPSA) is 27.7 Å². The number of hydrogen-bond acceptors (Lipinski definition) is 4. The number of rotatable bonds is 6. The minimum absolute atomic E-state index is 0.00806. The third-order valence-electron chi connectivity index (χ3n) is 23.1. The Bertz CT molecular complexity index is 5700. The Morgan fingerprint density at radius 3 is 1.27 bits per heavy atom. The van der Waals surface area contributed by atoms with Crippen LogP contribution in [0, 0.1) is 41.1 Å². The lowest BCUT2D eigenvalue weighted by atomic mass is 9.61. The third-order valence-corrected chi connectivity index (χ3v) is 27.8. The smallest absolute Gasteiger partial charge is 0.139 e. The molecule has 0 aliphatic carbocycles. The van der Waals surface area contributed by atoms with Crippen molar-refractivity contribution in [3.05, 3.63) is 297 Å². The van der Waals surface area contributed by atoms with Crippen LogP contribution < -0.4 is 24.6 Å². The van der Waals surface area contributed by atoms with Gasteiger partial charge in [0, 0.05) is 89.7 Å². The molecule has 0 saturated heterocycles. The second-order valence-corrected chi connectivity index (χ2v) is 35.7. The van der Waals surface area contributed by atoms with E-state index in [4.69, 9.17) is 38.9 Å². The van der Waals surface area contributed by atoms with Crippen molar-refractivity contribution in [3.63, 3.8) is 0 Å². The van der Waals surface area contributed by atoms with Crippen molar-refractivity contribution >= 4 is 30.2 Å². The van der Waals surface area contributed by atoms with E-state index in [1.807, 2.05) is 133 Å². The fourth-order valence-electron chi connectivity index (χ4n) is 15.8. The van der Waals surface area contributed by atoms with Gasteiger partial charge in [0.05, 0.1) is 0 Å². The van der Waals surface area contributed by atoms with E-state index in [9.17, 15) is 0 Å². The first kappa shape index (κ1) is 48.4. The molecule has 100 heavy (non-hydrogen) atoms. The lowest BCUT2D eigenvalue weighted by molar-refractivity contribution is 0.296. The van der Waals surface area contributed by atoms with Crippen LogP contribution in [0.1, 0.15) is 161 Å². The standard InChI is InChI=1S/C48H46O2.C47H46OSSi/c1-29-26-32(34-16-14-20-40-44(34)49-42-22-12-10-18-38(42)46(40,4)5)24-25-33(29)36-27-31(3)37(28-30(36)2)35-17-15-21-41-45(35)50-43-23-13-11-19-39(43)47(6,7)48(41,8)9;1-29-26-32(34-16-15-23-43-44(34)48-40-20-11-13-22-42(40)50(43,8)9)24-25-33(29)36-27-31(3)37(28-30(36)2)35-17-14-19-39-45(35)49-41-21-12-10-18-38(41)46(4,5)47(39,6)7/h2*10-28H,1-9H3/i2*1D3,2D3,3D3. The van der Waals surface area contributed by atoms with Gasteiger partial charge in [-0.25, -0.2) is 0 Å². The van der Waals surface area contributed by atoms with Crippen LogP contribution in [0.2, 0.25) is 13.1 Å². The molecule has 16 rings (SSSR count). The van der Waals surface area contributed by atoms with Crippen LogP contribution in [0.5, 0.6) is 34.5 Å². The number of para-hydroxylation sites is 6. The van der Waals surface area contributed by atoms with Gasteiger partial charge in [0.1, 0.15) is 42.6 Å². The van der Waals surface area contributed by atoms with Gasteiger partial charge in [0.25, 0.3) is 0 Å². The van der Waals surface area contributed by atoms with Crippen molar-refractivity contribution in [3.8, 4) is 101 Å². The minimum atomic E-state index is -2.77. The largest absolute Gasteiger partial charge is 0.457 e. The van der Waals surface area contributed by atoms with Crippen LogP contribution in [0.25, 0.3) is 66.8 Å². The lowest BCUT2D eigenvalue weighted by Crippen LogP contribution is -2.56. The predicted molar refractivity (Wildman–Crippen MR) is 425 cm³/mol. The molecule has 0 aromatic heterocycles. The monoisotopic (exact) mass is 1360 g/mol. The van der Waals surface area contributed by atoms with Gasteiger partial charge in [-0.05, 0) is 181 Å². The Balaban J connectivity index is 0.000000185. The van der Waals surface area contributed by atoms with E-state index in [0.29, 0.717) is 56.6 Å². The molecule has 5 heteroatoms. The summed E-state index contributed by atoms with van der Waals surface area (Å²) in [5.41, 5.74) is 7.59. The number of ether oxygens (including phenoxy) is 3. The molecule has 12 aromatic carbocycles. The zero-order chi connectivity index (χ0) is 85.3. The number of aryl methyl sites for hydroxylation is 6. The summed E-state index contributed by atoms with van der Waals surface area (Å²) in [7, 11) is -2.19. The van der Waals surface area contributed by atoms with Crippen LogP contribution >= 0.6 is 11.8 Å². The van der Waals surface area contributed by atoms with E-state index < -0.39 is 70.8 Å². The van der Waals surface area contributed by atoms with Crippen molar-refractivity contribution in [2.24, 2.45) is 0 Å². The van der Waals surface area contributed by atoms with E-state index in [1.54, 1.807) is 54.2 Å². The highest BCUT2D eigenvalue weighted by Crippen LogP contribution is 2.59. The highest BCUT2D eigenvalue weighted by molar-refractivity contribution is 7.99. The van der Waals surface area contributed by atoms with E-state index in [1.165, 1.54) is 35.0 Å². The van der Waals surface area contributed by atoms with Crippen molar-refractivity contribution in [1.82, 2.24) is 0 Å². The molecule has 4 aliphatic rings. The molecule has 4 heterocycles. The molecule has 0 amide bonds. The molecular formula is C95H92O3SSi. The van der Waals surface area contributed by atoms with Crippen LogP contribution in [0.15, 0.2) is 240 Å². The van der Waals surface area contributed by atoms with Crippen LogP contribution in [0.4, 0.5) is 0 Å². The first-order valence-electron chi connectivity index (χ1n) is 43.2. The zero-order valence-corrected chi connectivity index (χ0v) is 60.4. The van der Waals surface area contributed by atoms with Gasteiger partial charge >= 0.3 is 0 Å². The molecule has 0 saturated carbocycles. The number of fused-ring (bicyclic) bond motifs is 8. The van der Waals surface area contributed by atoms with Gasteiger partial charge in [0.15, 0.2) is 0 Å². The summed E-state index contributed by atoms with van der Waals surface area (Å²) in [5, 5.41) is 2.26. The van der Waals surface area contributed by atoms with E-state index in [0.717, 1.165) is 54.1 Å². The summed E-state index contributed by atoms with van der Waals surface area (Å²) >= 11 is 1.57. The summed E-state index contributed by atoms with van der Waals surface area (Å²) in [6.07, 6.45) is 0. The zero-order valence-electron chi connectivity index (χ0n) is 76.6. The first-order chi connectivity index (χ1) is 54.9. The van der Waals surface area contributed by atoms with Gasteiger partial charge < -0.3 is 14.2 Å². The maximum Gasteiger partial charge on any atom is 0.139 e. The Morgan fingerprint density at radius 1 is 0.290 bits per heavy atom. The first-order valence-corrected chi connectivity index (χ1v) is 38.0. The molecule has 0 bridgehead atoms. The third kappa shape index (κ3) is 10.5. The molecule has 0 fully saturated rings. The summed E-state index contributed by atoms with van der Waals surface area (Å²) in [5.74, 6) is 3.84. The normalized spacial score (nSPS) is 19.6.